The predicted octanol–water partition coefficient (Wildman–Crippen LogP) is 13.4. The zero-order valence-corrected chi connectivity index (χ0v) is 29.8. The lowest BCUT2D eigenvalue weighted by Gasteiger charge is -2.13. The summed E-state index contributed by atoms with van der Waals surface area (Å²) < 4.78 is 4.87. The molecular weight excluding hydrogens is 641 g/mol. The van der Waals surface area contributed by atoms with Gasteiger partial charge in [0.2, 0.25) is 0 Å². The number of aryl methyl sites for hydroxylation is 2. The topological polar surface area (TPSA) is 9.86 Å². The van der Waals surface area contributed by atoms with Crippen molar-refractivity contribution in [2.24, 2.45) is 0 Å². The monoisotopic (exact) mass is 676 g/mol. The predicted molar refractivity (Wildman–Crippen MR) is 224 cm³/mol. The summed E-state index contributed by atoms with van der Waals surface area (Å²) in [6.07, 6.45) is 0.979. The van der Waals surface area contributed by atoms with E-state index in [9.17, 15) is 0 Å². The highest BCUT2D eigenvalue weighted by Gasteiger charge is 2.22. The Labute approximate surface area is 308 Å². The van der Waals surface area contributed by atoms with Crippen LogP contribution in [0.4, 0.5) is 0 Å². The molecule has 0 atom stereocenters. The number of aromatic nitrogens is 2. The molecule has 0 unspecified atom stereocenters. The third-order valence-corrected chi connectivity index (χ3v) is 11.5. The first-order chi connectivity index (χ1) is 26.1. The van der Waals surface area contributed by atoms with Crippen LogP contribution in [-0.4, -0.2) is 9.13 Å². The van der Waals surface area contributed by atoms with Crippen molar-refractivity contribution in [2.45, 2.75) is 20.3 Å². The maximum atomic E-state index is 2.43. The summed E-state index contributed by atoms with van der Waals surface area (Å²) in [7, 11) is 0. The molecule has 0 fully saturated rings. The Morgan fingerprint density at radius 3 is 1.70 bits per heavy atom. The molecule has 0 N–H and O–H groups in total. The van der Waals surface area contributed by atoms with Crippen LogP contribution in [0.1, 0.15) is 22.3 Å². The minimum absolute atomic E-state index is 0.979. The molecule has 2 nitrogen and oxygen atoms in total. The fraction of sp³-hybridized carbons (Fsp3) is 0.0588. The fourth-order valence-corrected chi connectivity index (χ4v) is 9.03. The number of fused-ring (bicyclic) bond motifs is 9. The van der Waals surface area contributed by atoms with Gasteiger partial charge in [-0.05, 0) is 132 Å². The summed E-state index contributed by atoms with van der Waals surface area (Å²) in [4.78, 5) is 0. The number of hydrogen-bond donors (Lipinski definition) is 0. The van der Waals surface area contributed by atoms with Crippen molar-refractivity contribution in [1.82, 2.24) is 9.13 Å². The Hall–Kier alpha value is -6.64. The van der Waals surface area contributed by atoms with Gasteiger partial charge in [0.25, 0.3) is 0 Å². The molecule has 0 spiro atoms. The highest BCUT2D eigenvalue weighted by molar-refractivity contribution is 6.12. The second kappa shape index (κ2) is 11.4. The first-order valence-corrected chi connectivity index (χ1v) is 18.6. The molecule has 8 aromatic carbocycles. The van der Waals surface area contributed by atoms with E-state index in [-0.39, 0.29) is 0 Å². The molecule has 0 amide bonds. The summed E-state index contributed by atoms with van der Waals surface area (Å²) >= 11 is 0. The number of rotatable bonds is 4. The normalized spacial score (nSPS) is 12.3. The molecule has 2 aromatic heterocycles. The van der Waals surface area contributed by atoms with Crippen molar-refractivity contribution in [3.05, 3.63) is 192 Å². The van der Waals surface area contributed by atoms with Crippen LogP contribution < -0.4 is 0 Å². The maximum Gasteiger partial charge on any atom is 0.0542 e. The van der Waals surface area contributed by atoms with Gasteiger partial charge >= 0.3 is 0 Å². The van der Waals surface area contributed by atoms with Crippen LogP contribution in [0.15, 0.2) is 170 Å². The summed E-state index contributed by atoms with van der Waals surface area (Å²) in [5.74, 6) is 0. The van der Waals surface area contributed by atoms with Gasteiger partial charge in [-0.3, -0.25) is 0 Å². The largest absolute Gasteiger partial charge is 0.309 e. The van der Waals surface area contributed by atoms with Crippen LogP contribution in [0.2, 0.25) is 0 Å². The zero-order valence-electron chi connectivity index (χ0n) is 29.8. The summed E-state index contributed by atoms with van der Waals surface area (Å²) in [6, 6.07) is 63.2. The average Bonchev–Trinajstić information content (AvgIpc) is 3.85. The molecule has 10 aromatic rings. The molecule has 2 heteroatoms. The second-order valence-electron chi connectivity index (χ2n) is 14.7. The lowest BCUT2D eigenvalue weighted by atomic mass is 9.93. The quantitative estimate of drug-likeness (QED) is 0.176. The minimum atomic E-state index is 0.979. The van der Waals surface area contributed by atoms with Gasteiger partial charge in [0.05, 0.1) is 22.1 Å². The molecule has 250 valence electrons. The van der Waals surface area contributed by atoms with Gasteiger partial charge in [0, 0.05) is 32.9 Å². The fourth-order valence-electron chi connectivity index (χ4n) is 9.03. The maximum absolute atomic E-state index is 2.43. The van der Waals surface area contributed by atoms with E-state index in [1.807, 2.05) is 0 Å². The van der Waals surface area contributed by atoms with Crippen LogP contribution in [0, 0.1) is 13.8 Å². The van der Waals surface area contributed by atoms with Gasteiger partial charge in [-0.2, -0.15) is 0 Å². The van der Waals surface area contributed by atoms with Crippen molar-refractivity contribution < 1.29 is 0 Å². The summed E-state index contributed by atoms with van der Waals surface area (Å²) in [5, 5.41) is 5.10. The van der Waals surface area contributed by atoms with Gasteiger partial charge in [-0.25, -0.2) is 0 Å². The molecule has 0 saturated heterocycles. The van der Waals surface area contributed by atoms with Crippen LogP contribution >= 0.6 is 0 Å². The summed E-state index contributed by atoms with van der Waals surface area (Å²) in [5.41, 5.74) is 20.4. The van der Waals surface area contributed by atoms with Crippen molar-refractivity contribution in [3.63, 3.8) is 0 Å². The van der Waals surface area contributed by atoms with Crippen LogP contribution in [0.3, 0.4) is 0 Å². The first-order valence-electron chi connectivity index (χ1n) is 18.6. The van der Waals surface area contributed by atoms with E-state index in [0.717, 1.165) is 12.1 Å². The van der Waals surface area contributed by atoms with E-state index in [1.165, 1.54) is 105 Å². The lowest BCUT2D eigenvalue weighted by Crippen LogP contribution is -1.96. The van der Waals surface area contributed by atoms with Gasteiger partial charge in [-0.1, -0.05) is 114 Å². The molecule has 53 heavy (non-hydrogen) atoms. The average molecular weight is 677 g/mol. The second-order valence-corrected chi connectivity index (χ2v) is 14.7. The van der Waals surface area contributed by atoms with Gasteiger partial charge in [0.1, 0.15) is 0 Å². The molecule has 2 heterocycles. The van der Waals surface area contributed by atoms with Crippen molar-refractivity contribution in [1.29, 1.82) is 0 Å². The van der Waals surface area contributed by atoms with Crippen molar-refractivity contribution >= 4 is 43.6 Å². The highest BCUT2D eigenvalue weighted by atomic mass is 15.0. The molecule has 0 aliphatic heterocycles. The smallest absolute Gasteiger partial charge is 0.0542 e. The van der Waals surface area contributed by atoms with E-state index in [0.29, 0.717) is 0 Å². The standard InChI is InChI=1S/C51H36N2/c1-32-20-23-49-45(26-32)46-27-33(2)21-24-50(46)53(49)39-22-25-51-47(31-39)43-16-5-6-19-48(43)52(51)38-14-8-12-35(29-38)34-11-7-13-36(28-34)41-17-9-18-42-40-15-4-3-10-37(40)30-44(41)42/h3-29,31H,30H2,1-2H3. The minimum Gasteiger partial charge on any atom is -0.309 e. The van der Waals surface area contributed by atoms with Crippen LogP contribution in [0.25, 0.3) is 88.4 Å². The number of para-hydroxylation sites is 1. The Kier molecular flexibility index (Phi) is 6.48. The first kappa shape index (κ1) is 30.0. The Bertz CT molecular complexity index is 3060. The molecule has 1 aliphatic rings. The van der Waals surface area contributed by atoms with Crippen LogP contribution in [0.5, 0.6) is 0 Å². The van der Waals surface area contributed by atoms with E-state index < -0.39 is 0 Å². The third kappa shape index (κ3) is 4.59. The van der Waals surface area contributed by atoms with E-state index in [1.54, 1.807) is 0 Å². The zero-order chi connectivity index (χ0) is 35.2. The Balaban J connectivity index is 1.04. The van der Waals surface area contributed by atoms with E-state index >= 15 is 0 Å². The number of hydrogen-bond acceptors (Lipinski definition) is 0. The summed E-state index contributed by atoms with van der Waals surface area (Å²) in [6.45, 7) is 4.36. The highest BCUT2D eigenvalue weighted by Crippen LogP contribution is 2.43. The van der Waals surface area contributed by atoms with Crippen molar-refractivity contribution in [3.8, 4) is 44.8 Å². The molecular formula is C51H36N2. The third-order valence-electron chi connectivity index (χ3n) is 11.5. The molecule has 1 aliphatic carbocycles. The SMILES string of the molecule is Cc1ccc2c(c1)c1cc(C)ccc1n2-c1ccc2c(c1)c1ccccc1n2-c1cccc(-c2cccc(-c3cccc4c3Cc3ccccc3-4)c2)c1. The Morgan fingerprint density at radius 1 is 0.358 bits per heavy atom. The molecule has 0 saturated carbocycles. The van der Waals surface area contributed by atoms with Gasteiger partial charge < -0.3 is 9.13 Å². The van der Waals surface area contributed by atoms with Crippen molar-refractivity contribution in [2.75, 3.05) is 0 Å². The number of nitrogens with zero attached hydrogens (tertiary/aromatic N) is 2. The molecule has 0 radical (unpaired) electrons. The molecule has 0 bridgehead atoms. The van der Waals surface area contributed by atoms with E-state index in [2.05, 4.69) is 193 Å². The Morgan fingerprint density at radius 2 is 0.906 bits per heavy atom. The number of benzene rings is 8. The lowest BCUT2D eigenvalue weighted by molar-refractivity contribution is 1.16. The van der Waals surface area contributed by atoms with Crippen LogP contribution in [-0.2, 0) is 6.42 Å². The van der Waals surface area contributed by atoms with E-state index in [4.69, 9.17) is 0 Å². The molecule has 11 rings (SSSR count). The van der Waals surface area contributed by atoms with Gasteiger partial charge in [-0.15, -0.1) is 0 Å². The van der Waals surface area contributed by atoms with Gasteiger partial charge in [0.15, 0.2) is 0 Å².